The Morgan fingerprint density at radius 2 is 2.00 bits per heavy atom. The molecular weight excluding hydrogens is 174 g/mol. The van der Waals surface area contributed by atoms with E-state index in [2.05, 4.69) is 4.90 Å². The molecule has 12 heavy (non-hydrogen) atoms. The molecule has 0 amide bonds. The first-order valence-electron chi connectivity index (χ1n) is 4.42. The van der Waals surface area contributed by atoms with E-state index in [1.165, 1.54) is 0 Å². The van der Waals surface area contributed by atoms with Crippen LogP contribution < -0.4 is 0 Å². The Bertz CT molecular complexity index is 107. The van der Waals surface area contributed by atoms with E-state index in [0.29, 0.717) is 6.61 Å². The minimum Gasteiger partial charge on any atom is -0.396 e. The third-order valence-electron chi connectivity index (χ3n) is 1.89. The molecule has 1 fully saturated rings. The molecule has 0 aliphatic carbocycles. The Morgan fingerprint density at radius 3 is 2.67 bits per heavy atom. The van der Waals surface area contributed by atoms with Crippen molar-refractivity contribution in [3.63, 3.8) is 0 Å². The number of hydrogen-bond acceptors (Lipinski definition) is 4. The van der Waals surface area contributed by atoms with Crippen LogP contribution in [0.2, 0.25) is 0 Å². The average molecular weight is 191 g/mol. The summed E-state index contributed by atoms with van der Waals surface area (Å²) in [5.41, 5.74) is 0. The summed E-state index contributed by atoms with van der Waals surface area (Å²) in [5.74, 6) is 1.99. The lowest BCUT2D eigenvalue weighted by Crippen LogP contribution is -2.37. The first-order chi connectivity index (χ1) is 5.93. The van der Waals surface area contributed by atoms with Crippen molar-refractivity contribution in [1.82, 2.24) is 4.90 Å². The Hall–Kier alpha value is 0.230. The maximum atomic E-state index is 8.55. The lowest BCUT2D eigenvalue weighted by Gasteiger charge is -2.26. The Balaban J connectivity index is 1.91. The second-order valence-corrected chi connectivity index (χ2v) is 4.01. The fourth-order valence-corrected chi connectivity index (χ4v) is 1.91. The van der Waals surface area contributed by atoms with Crippen LogP contribution in [-0.2, 0) is 4.74 Å². The van der Waals surface area contributed by atoms with Gasteiger partial charge in [0.2, 0.25) is 0 Å². The topological polar surface area (TPSA) is 32.7 Å². The smallest absolute Gasteiger partial charge is 0.0594 e. The zero-order valence-electron chi connectivity index (χ0n) is 7.37. The van der Waals surface area contributed by atoms with Gasteiger partial charge in [0.05, 0.1) is 19.8 Å². The van der Waals surface area contributed by atoms with Crippen LogP contribution in [-0.4, -0.2) is 61.0 Å². The maximum absolute atomic E-state index is 8.55. The number of aliphatic hydroxyl groups excluding tert-OH is 1. The predicted octanol–water partition coefficient (Wildman–Crippen LogP) is 0.0441. The molecule has 1 N–H and O–H groups in total. The molecule has 0 saturated carbocycles. The molecular formula is C8H17NO2S. The molecule has 1 rings (SSSR count). The SMILES string of the molecule is OCCSCCN1CCOCC1. The van der Waals surface area contributed by atoms with Gasteiger partial charge in [-0.05, 0) is 0 Å². The number of morpholine rings is 1. The van der Waals surface area contributed by atoms with Gasteiger partial charge in [-0.15, -0.1) is 0 Å². The number of aliphatic hydroxyl groups is 1. The van der Waals surface area contributed by atoms with Crippen LogP contribution in [0.4, 0.5) is 0 Å². The molecule has 0 radical (unpaired) electrons. The molecule has 3 nitrogen and oxygen atoms in total. The quantitative estimate of drug-likeness (QED) is 0.622. The summed E-state index contributed by atoms with van der Waals surface area (Å²) in [6.07, 6.45) is 0. The highest BCUT2D eigenvalue weighted by molar-refractivity contribution is 7.99. The van der Waals surface area contributed by atoms with Gasteiger partial charge >= 0.3 is 0 Å². The Kier molecular flexibility index (Phi) is 5.77. The summed E-state index contributed by atoms with van der Waals surface area (Å²) in [4.78, 5) is 2.41. The molecule has 0 unspecified atom stereocenters. The maximum Gasteiger partial charge on any atom is 0.0594 e. The van der Waals surface area contributed by atoms with Crippen molar-refractivity contribution in [2.45, 2.75) is 0 Å². The Labute approximate surface area is 78.1 Å². The molecule has 1 aliphatic rings. The standard InChI is InChI=1S/C8H17NO2S/c10-4-8-12-7-3-9-1-5-11-6-2-9/h10H,1-8H2. The molecule has 1 saturated heterocycles. The van der Waals surface area contributed by atoms with Gasteiger partial charge in [-0.2, -0.15) is 11.8 Å². The third kappa shape index (κ3) is 4.30. The number of thioether (sulfide) groups is 1. The van der Waals surface area contributed by atoms with Crippen molar-refractivity contribution in [1.29, 1.82) is 0 Å². The van der Waals surface area contributed by atoms with Gasteiger partial charge in [-0.25, -0.2) is 0 Å². The summed E-state index contributed by atoms with van der Waals surface area (Å²) >= 11 is 1.81. The monoisotopic (exact) mass is 191 g/mol. The van der Waals surface area contributed by atoms with Crippen LogP contribution in [0, 0.1) is 0 Å². The third-order valence-corrected chi connectivity index (χ3v) is 2.83. The van der Waals surface area contributed by atoms with E-state index in [9.17, 15) is 0 Å². The number of ether oxygens (including phenoxy) is 1. The zero-order chi connectivity index (χ0) is 8.65. The predicted molar refractivity (Wildman–Crippen MR) is 51.7 cm³/mol. The molecule has 1 heterocycles. The minimum absolute atomic E-state index is 0.299. The highest BCUT2D eigenvalue weighted by Gasteiger charge is 2.08. The van der Waals surface area contributed by atoms with Crippen LogP contribution in [0.3, 0.4) is 0 Å². The van der Waals surface area contributed by atoms with Gasteiger partial charge in [0, 0.05) is 31.1 Å². The summed E-state index contributed by atoms with van der Waals surface area (Å²) in [6.45, 7) is 5.33. The van der Waals surface area contributed by atoms with Gasteiger partial charge in [0.15, 0.2) is 0 Å². The van der Waals surface area contributed by atoms with Gasteiger partial charge < -0.3 is 9.84 Å². The van der Waals surface area contributed by atoms with Crippen LogP contribution in [0.15, 0.2) is 0 Å². The first-order valence-corrected chi connectivity index (χ1v) is 5.57. The van der Waals surface area contributed by atoms with E-state index in [0.717, 1.165) is 44.4 Å². The molecule has 72 valence electrons. The molecule has 1 aliphatic heterocycles. The van der Waals surface area contributed by atoms with Crippen LogP contribution in [0.25, 0.3) is 0 Å². The lowest BCUT2D eigenvalue weighted by atomic mass is 10.4. The average Bonchev–Trinajstić information content (AvgIpc) is 2.14. The summed E-state index contributed by atoms with van der Waals surface area (Å²) in [7, 11) is 0. The molecule has 4 heteroatoms. The molecule has 0 aromatic heterocycles. The van der Waals surface area contributed by atoms with Crippen molar-refractivity contribution >= 4 is 11.8 Å². The van der Waals surface area contributed by atoms with E-state index in [-0.39, 0.29) is 0 Å². The van der Waals surface area contributed by atoms with Crippen LogP contribution in [0.1, 0.15) is 0 Å². The largest absolute Gasteiger partial charge is 0.396 e. The molecule has 0 aromatic rings. The minimum atomic E-state index is 0.299. The fraction of sp³-hybridized carbons (Fsp3) is 1.00. The fourth-order valence-electron chi connectivity index (χ4n) is 1.19. The van der Waals surface area contributed by atoms with Crippen LogP contribution >= 0.6 is 11.8 Å². The van der Waals surface area contributed by atoms with Crippen LogP contribution in [0.5, 0.6) is 0 Å². The van der Waals surface area contributed by atoms with E-state index >= 15 is 0 Å². The molecule has 0 atom stereocenters. The lowest BCUT2D eigenvalue weighted by molar-refractivity contribution is 0.0410. The van der Waals surface area contributed by atoms with E-state index in [1.54, 1.807) is 0 Å². The number of hydrogen-bond donors (Lipinski definition) is 1. The zero-order valence-corrected chi connectivity index (χ0v) is 8.18. The second-order valence-electron chi connectivity index (χ2n) is 2.79. The van der Waals surface area contributed by atoms with E-state index in [4.69, 9.17) is 9.84 Å². The van der Waals surface area contributed by atoms with Gasteiger partial charge in [-0.3, -0.25) is 4.90 Å². The number of rotatable bonds is 5. The van der Waals surface area contributed by atoms with Crippen molar-refractivity contribution in [2.75, 3.05) is 51.0 Å². The van der Waals surface area contributed by atoms with Crippen molar-refractivity contribution < 1.29 is 9.84 Å². The van der Waals surface area contributed by atoms with Gasteiger partial charge in [-0.1, -0.05) is 0 Å². The van der Waals surface area contributed by atoms with Crippen molar-refractivity contribution in [3.8, 4) is 0 Å². The van der Waals surface area contributed by atoms with Crippen molar-refractivity contribution in [2.24, 2.45) is 0 Å². The summed E-state index contributed by atoms with van der Waals surface area (Å²) < 4.78 is 5.24. The summed E-state index contributed by atoms with van der Waals surface area (Å²) in [5, 5.41) is 8.55. The molecule has 0 aromatic carbocycles. The molecule has 0 spiro atoms. The highest BCUT2D eigenvalue weighted by Crippen LogP contribution is 2.02. The highest BCUT2D eigenvalue weighted by atomic mass is 32.2. The normalized spacial score (nSPS) is 19.8. The summed E-state index contributed by atoms with van der Waals surface area (Å²) in [6, 6.07) is 0. The van der Waals surface area contributed by atoms with E-state index in [1.807, 2.05) is 11.8 Å². The Morgan fingerprint density at radius 1 is 1.25 bits per heavy atom. The molecule has 0 bridgehead atoms. The van der Waals surface area contributed by atoms with Crippen molar-refractivity contribution in [3.05, 3.63) is 0 Å². The van der Waals surface area contributed by atoms with Gasteiger partial charge in [0.1, 0.15) is 0 Å². The number of nitrogens with zero attached hydrogens (tertiary/aromatic N) is 1. The van der Waals surface area contributed by atoms with Gasteiger partial charge in [0.25, 0.3) is 0 Å². The van der Waals surface area contributed by atoms with E-state index < -0.39 is 0 Å². The second kappa shape index (κ2) is 6.71. The first kappa shape index (κ1) is 10.3.